The molecule has 3 rings (SSSR count). The van der Waals surface area contributed by atoms with Crippen molar-refractivity contribution in [2.45, 2.75) is 6.92 Å². The average Bonchev–Trinajstić information content (AvgIpc) is 2.70. The quantitative estimate of drug-likeness (QED) is 0.561. The summed E-state index contributed by atoms with van der Waals surface area (Å²) in [4.78, 5) is 17.6. The number of nitrogens with one attached hydrogen (secondary N) is 1. The van der Waals surface area contributed by atoms with Gasteiger partial charge in [0.2, 0.25) is 0 Å². The fourth-order valence-electron chi connectivity index (χ4n) is 2.27. The van der Waals surface area contributed by atoms with E-state index in [0.29, 0.717) is 23.5 Å². The highest BCUT2D eigenvalue weighted by Gasteiger charge is 2.11. The Balaban J connectivity index is 0.000000486. The summed E-state index contributed by atoms with van der Waals surface area (Å²) in [7, 11) is 0. The van der Waals surface area contributed by atoms with Gasteiger partial charge < -0.3 is 20.1 Å². The largest absolute Gasteiger partial charge is 0.462 e. The summed E-state index contributed by atoms with van der Waals surface area (Å²) >= 11 is 0. The van der Waals surface area contributed by atoms with Crippen LogP contribution in [0.2, 0.25) is 0 Å². The molecule has 1 saturated heterocycles. The molecular weight excluding hydrogens is 336 g/mol. The van der Waals surface area contributed by atoms with E-state index in [2.05, 4.69) is 9.88 Å². The van der Waals surface area contributed by atoms with Crippen LogP contribution >= 0.6 is 0 Å². The Labute approximate surface area is 155 Å². The molecule has 26 heavy (non-hydrogen) atoms. The number of esters is 1. The van der Waals surface area contributed by atoms with Gasteiger partial charge in [0, 0.05) is 15.9 Å². The first kappa shape index (κ1) is 19.5. The highest BCUT2D eigenvalue weighted by atomic mass is 16.5. The molecule has 1 aliphatic heterocycles. The van der Waals surface area contributed by atoms with Gasteiger partial charge in [-0.15, -0.1) is 0 Å². The Kier molecular flexibility index (Phi) is 7.66. The molecule has 0 bridgehead atoms. The number of hydrogen-bond donors (Lipinski definition) is 3. The predicted molar refractivity (Wildman–Crippen MR) is 104 cm³/mol. The second-order valence-electron chi connectivity index (χ2n) is 5.46. The number of ether oxygens (including phenoxy) is 2. The lowest BCUT2D eigenvalue weighted by atomic mass is 10.2. The van der Waals surface area contributed by atoms with Crippen LogP contribution in [0.5, 0.6) is 0 Å². The van der Waals surface area contributed by atoms with E-state index in [1.165, 1.54) is 0 Å². The van der Waals surface area contributed by atoms with Crippen LogP contribution in [0, 0.1) is 0 Å². The summed E-state index contributed by atoms with van der Waals surface area (Å²) in [6.45, 7) is 5.51. The minimum Gasteiger partial charge on any atom is -0.462 e. The normalized spacial score (nSPS) is 13.4. The SMILES string of the molecule is CCOC(=O)c1ccc(NO)cc1.Nc1ccc(N2CCOCC2)nc1.[HH].[HH]. The van der Waals surface area contributed by atoms with Crippen LogP contribution in [0.25, 0.3) is 0 Å². The van der Waals surface area contributed by atoms with Crippen LogP contribution in [0.1, 0.15) is 20.1 Å². The van der Waals surface area contributed by atoms with Crippen LogP contribution in [0.3, 0.4) is 0 Å². The molecule has 0 spiro atoms. The van der Waals surface area contributed by atoms with Crippen molar-refractivity contribution in [3.63, 3.8) is 0 Å². The number of pyridine rings is 1. The molecule has 0 amide bonds. The van der Waals surface area contributed by atoms with Gasteiger partial charge in [-0.1, -0.05) is 0 Å². The van der Waals surface area contributed by atoms with Crippen molar-refractivity contribution in [1.29, 1.82) is 0 Å². The number of carbonyl (C=O) groups excluding carboxylic acids is 1. The number of nitrogens with two attached hydrogens (primary N) is 1. The smallest absolute Gasteiger partial charge is 0.338 e. The number of nitrogens with zero attached hydrogens (tertiary/aromatic N) is 2. The van der Waals surface area contributed by atoms with Crippen molar-refractivity contribution < 1.29 is 22.3 Å². The van der Waals surface area contributed by atoms with E-state index in [1.54, 1.807) is 37.4 Å². The first-order valence-corrected chi connectivity index (χ1v) is 8.35. The molecule has 0 unspecified atom stereocenters. The van der Waals surface area contributed by atoms with Gasteiger partial charge in [0.05, 0.1) is 43.0 Å². The van der Waals surface area contributed by atoms with Gasteiger partial charge in [-0.25, -0.2) is 9.78 Å². The summed E-state index contributed by atoms with van der Waals surface area (Å²) in [5.41, 5.74) is 9.24. The van der Waals surface area contributed by atoms with E-state index < -0.39 is 0 Å². The minimum absolute atomic E-state index is 0. The van der Waals surface area contributed by atoms with Gasteiger partial charge in [-0.3, -0.25) is 10.7 Å². The van der Waals surface area contributed by atoms with Crippen LogP contribution in [-0.4, -0.2) is 49.1 Å². The minimum atomic E-state index is -0.355. The zero-order chi connectivity index (χ0) is 18.8. The van der Waals surface area contributed by atoms with Crippen molar-refractivity contribution in [2.24, 2.45) is 0 Å². The van der Waals surface area contributed by atoms with Crippen molar-refractivity contribution in [3.05, 3.63) is 48.2 Å². The number of aromatic nitrogens is 1. The Morgan fingerprint density at radius 2 is 2.00 bits per heavy atom. The second kappa shape index (κ2) is 10.2. The fraction of sp³-hybridized carbons (Fsp3) is 0.333. The molecule has 8 heteroatoms. The number of carbonyl (C=O) groups is 1. The van der Waals surface area contributed by atoms with Crippen LogP contribution in [-0.2, 0) is 9.47 Å². The molecule has 0 radical (unpaired) electrons. The third-order valence-corrected chi connectivity index (χ3v) is 3.63. The molecule has 144 valence electrons. The van der Waals surface area contributed by atoms with E-state index in [4.69, 9.17) is 20.4 Å². The summed E-state index contributed by atoms with van der Waals surface area (Å²) < 4.78 is 10.0. The van der Waals surface area contributed by atoms with Crippen molar-refractivity contribution in [1.82, 2.24) is 4.98 Å². The molecule has 1 aliphatic rings. The average molecular weight is 364 g/mol. The molecule has 0 saturated carbocycles. The Morgan fingerprint density at radius 1 is 1.31 bits per heavy atom. The lowest BCUT2D eigenvalue weighted by molar-refractivity contribution is 0.0526. The predicted octanol–water partition coefficient (Wildman–Crippen LogP) is 2.66. The summed E-state index contributed by atoms with van der Waals surface area (Å²) in [5.74, 6) is 0.629. The van der Waals surface area contributed by atoms with E-state index in [0.717, 1.165) is 32.1 Å². The van der Waals surface area contributed by atoms with Crippen LogP contribution in [0.15, 0.2) is 42.6 Å². The van der Waals surface area contributed by atoms with E-state index in [9.17, 15) is 4.79 Å². The standard InChI is InChI=1S/C9H13N3O.C9H11NO3.2H2/c10-8-1-2-9(11-7-8)12-3-5-13-6-4-12;1-2-13-9(11)7-3-5-8(10-12)6-4-7;;/h1-2,7H,3-6,10H2;3-6,10,12H,2H2,1H3;2*1H. The zero-order valence-electron chi connectivity index (χ0n) is 14.7. The number of morpholine rings is 1. The molecule has 1 fully saturated rings. The molecule has 1 aromatic carbocycles. The lowest BCUT2D eigenvalue weighted by Crippen LogP contribution is -2.36. The van der Waals surface area contributed by atoms with Crippen molar-refractivity contribution in [3.8, 4) is 0 Å². The molecular formula is C18H28N4O4. The summed E-state index contributed by atoms with van der Waals surface area (Å²) in [6, 6.07) is 10.2. The number of rotatable bonds is 4. The topological polar surface area (TPSA) is 110 Å². The molecule has 4 N–H and O–H groups in total. The van der Waals surface area contributed by atoms with Crippen molar-refractivity contribution >= 4 is 23.2 Å². The molecule has 2 aromatic rings. The maximum atomic E-state index is 11.1. The van der Waals surface area contributed by atoms with E-state index >= 15 is 0 Å². The molecule has 0 atom stereocenters. The highest BCUT2D eigenvalue weighted by Crippen LogP contribution is 2.13. The Hall–Kier alpha value is -2.84. The first-order chi connectivity index (χ1) is 12.6. The molecule has 0 aliphatic carbocycles. The lowest BCUT2D eigenvalue weighted by Gasteiger charge is -2.27. The molecule has 8 nitrogen and oxygen atoms in total. The summed E-state index contributed by atoms with van der Waals surface area (Å²) in [5, 5.41) is 8.50. The van der Waals surface area contributed by atoms with Crippen molar-refractivity contribution in [2.75, 3.05) is 49.0 Å². The van der Waals surface area contributed by atoms with Gasteiger partial charge in [0.25, 0.3) is 0 Å². The zero-order valence-corrected chi connectivity index (χ0v) is 14.7. The van der Waals surface area contributed by atoms with E-state index in [1.807, 2.05) is 17.6 Å². The number of benzene rings is 1. The first-order valence-electron chi connectivity index (χ1n) is 8.35. The van der Waals surface area contributed by atoms with Gasteiger partial charge in [-0.2, -0.15) is 0 Å². The van der Waals surface area contributed by atoms with Gasteiger partial charge in [0.1, 0.15) is 5.82 Å². The number of nitrogen functional groups attached to an aromatic ring is 1. The highest BCUT2D eigenvalue weighted by molar-refractivity contribution is 5.89. The van der Waals surface area contributed by atoms with Crippen LogP contribution in [0.4, 0.5) is 17.2 Å². The molecule has 1 aromatic heterocycles. The monoisotopic (exact) mass is 364 g/mol. The van der Waals surface area contributed by atoms with Crippen LogP contribution < -0.4 is 16.1 Å². The fourth-order valence-corrected chi connectivity index (χ4v) is 2.27. The third kappa shape index (κ3) is 5.91. The van der Waals surface area contributed by atoms with Gasteiger partial charge in [-0.05, 0) is 43.3 Å². The Bertz CT molecular complexity index is 681. The summed E-state index contributed by atoms with van der Waals surface area (Å²) in [6.07, 6.45) is 1.69. The molecule has 2 heterocycles. The van der Waals surface area contributed by atoms with E-state index in [-0.39, 0.29) is 8.82 Å². The third-order valence-electron chi connectivity index (χ3n) is 3.63. The van der Waals surface area contributed by atoms with Gasteiger partial charge >= 0.3 is 5.97 Å². The number of anilines is 3. The maximum Gasteiger partial charge on any atom is 0.338 e. The Morgan fingerprint density at radius 3 is 2.54 bits per heavy atom. The number of hydrogen-bond acceptors (Lipinski definition) is 8. The second-order valence-corrected chi connectivity index (χ2v) is 5.46. The van der Waals surface area contributed by atoms with Gasteiger partial charge in [0.15, 0.2) is 0 Å². The maximum absolute atomic E-state index is 11.1.